The molecule has 1 aromatic carbocycles. The van der Waals surface area contributed by atoms with Gasteiger partial charge in [-0.2, -0.15) is 4.57 Å². The van der Waals surface area contributed by atoms with Crippen LogP contribution in [-0.2, 0) is 11.3 Å². The van der Waals surface area contributed by atoms with Crippen molar-refractivity contribution < 1.29 is 18.8 Å². The number of carbonyl (C=O) groups is 1. The van der Waals surface area contributed by atoms with Crippen LogP contribution in [0.5, 0.6) is 11.5 Å². The summed E-state index contributed by atoms with van der Waals surface area (Å²) in [5.74, 6) is 1.11. The summed E-state index contributed by atoms with van der Waals surface area (Å²) in [6, 6.07) is 9.17. The van der Waals surface area contributed by atoms with Gasteiger partial charge in [-0.3, -0.25) is 4.79 Å². The molecule has 0 saturated heterocycles. The SMILES string of the molecule is COc1ccc(NC(=O)C[n+]2cccc(C)c2)cc1OC. The Balaban J connectivity index is 2.06. The lowest BCUT2D eigenvalue weighted by Gasteiger charge is -2.09. The quantitative estimate of drug-likeness (QED) is 0.855. The number of aromatic nitrogens is 1. The predicted molar refractivity (Wildman–Crippen MR) is 79.5 cm³/mol. The predicted octanol–water partition coefficient (Wildman–Crippen LogP) is 1.94. The highest BCUT2D eigenvalue weighted by molar-refractivity contribution is 5.90. The number of benzene rings is 1. The van der Waals surface area contributed by atoms with Gasteiger partial charge in [0.1, 0.15) is 0 Å². The largest absolute Gasteiger partial charge is 0.493 e. The van der Waals surface area contributed by atoms with Gasteiger partial charge in [0.25, 0.3) is 5.91 Å². The highest BCUT2D eigenvalue weighted by Gasteiger charge is 2.11. The number of amides is 1. The fourth-order valence-corrected chi connectivity index (χ4v) is 2.03. The molecule has 1 aromatic heterocycles. The van der Waals surface area contributed by atoms with Crippen molar-refractivity contribution in [1.82, 2.24) is 0 Å². The molecular weight excluding hydrogens is 268 g/mol. The standard InChI is InChI=1S/C16H18N2O3/c1-12-5-4-8-18(10-12)11-16(19)17-13-6-7-14(20-2)15(9-13)21-3/h4-10H,11H2,1-3H3/p+1. The third-order valence-corrected chi connectivity index (χ3v) is 3.00. The molecule has 5 heteroatoms. The lowest BCUT2D eigenvalue weighted by Crippen LogP contribution is -2.39. The Kier molecular flexibility index (Phi) is 4.77. The van der Waals surface area contributed by atoms with E-state index in [1.165, 1.54) is 0 Å². The average Bonchev–Trinajstić information content (AvgIpc) is 2.47. The maximum absolute atomic E-state index is 12.0. The highest BCUT2D eigenvalue weighted by Crippen LogP contribution is 2.29. The molecule has 1 heterocycles. The molecule has 0 saturated carbocycles. The number of hydrogen-bond donors (Lipinski definition) is 1. The van der Waals surface area contributed by atoms with Crippen LogP contribution in [0, 0.1) is 6.92 Å². The van der Waals surface area contributed by atoms with E-state index in [-0.39, 0.29) is 12.5 Å². The Morgan fingerprint density at radius 2 is 1.95 bits per heavy atom. The molecule has 0 spiro atoms. The molecule has 0 bridgehead atoms. The van der Waals surface area contributed by atoms with Crippen molar-refractivity contribution in [2.45, 2.75) is 13.5 Å². The van der Waals surface area contributed by atoms with Crippen LogP contribution in [0.15, 0.2) is 42.7 Å². The molecule has 0 fully saturated rings. The van der Waals surface area contributed by atoms with Crippen LogP contribution < -0.4 is 19.4 Å². The molecule has 110 valence electrons. The van der Waals surface area contributed by atoms with Crippen LogP contribution in [0.1, 0.15) is 5.56 Å². The van der Waals surface area contributed by atoms with E-state index < -0.39 is 0 Å². The van der Waals surface area contributed by atoms with Crippen LogP contribution in [0.2, 0.25) is 0 Å². The maximum Gasteiger partial charge on any atom is 0.290 e. The molecule has 1 amide bonds. The summed E-state index contributed by atoms with van der Waals surface area (Å²) >= 11 is 0. The van der Waals surface area contributed by atoms with Gasteiger partial charge in [-0.05, 0) is 25.1 Å². The van der Waals surface area contributed by atoms with Crippen LogP contribution in [0.4, 0.5) is 5.69 Å². The average molecular weight is 287 g/mol. The summed E-state index contributed by atoms with van der Waals surface area (Å²) in [4.78, 5) is 12.0. The van der Waals surface area contributed by atoms with Crippen molar-refractivity contribution in [2.75, 3.05) is 19.5 Å². The van der Waals surface area contributed by atoms with Crippen molar-refractivity contribution in [3.8, 4) is 11.5 Å². The van der Waals surface area contributed by atoms with Gasteiger partial charge in [-0.25, -0.2) is 0 Å². The lowest BCUT2D eigenvalue weighted by atomic mass is 10.2. The third kappa shape index (κ3) is 3.95. The number of hydrogen-bond acceptors (Lipinski definition) is 3. The van der Waals surface area contributed by atoms with Crippen molar-refractivity contribution in [2.24, 2.45) is 0 Å². The van der Waals surface area contributed by atoms with E-state index in [1.807, 2.05) is 36.0 Å². The molecule has 5 nitrogen and oxygen atoms in total. The van der Waals surface area contributed by atoms with E-state index in [2.05, 4.69) is 5.32 Å². The van der Waals surface area contributed by atoms with Crippen LogP contribution in [0.3, 0.4) is 0 Å². The number of methoxy groups -OCH3 is 2. The second kappa shape index (κ2) is 6.74. The third-order valence-electron chi connectivity index (χ3n) is 3.00. The topological polar surface area (TPSA) is 51.4 Å². The van der Waals surface area contributed by atoms with Crippen molar-refractivity contribution in [1.29, 1.82) is 0 Å². The first-order valence-electron chi connectivity index (χ1n) is 6.60. The zero-order valence-electron chi connectivity index (χ0n) is 12.4. The fourth-order valence-electron chi connectivity index (χ4n) is 2.03. The molecule has 2 aromatic rings. The summed E-state index contributed by atoms with van der Waals surface area (Å²) in [5, 5.41) is 2.84. The summed E-state index contributed by atoms with van der Waals surface area (Å²) in [6.07, 6.45) is 3.79. The molecule has 0 atom stereocenters. The first kappa shape index (κ1) is 14.8. The molecule has 0 aliphatic carbocycles. The number of aryl methyl sites for hydroxylation is 1. The lowest BCUT2D eigenvalue weighted by molar-refractivity contribution is -0.684. The van der Waals surface area contributed by atoms with Gasteiger partial charge in [-0.1, -0.05) is 0 Å². The number of nitrogens with zero attached hydrogens (tertiary/aromatic N) is 1. The molecule has 2 rings (SSSR count). The molecule has 0 aliphatic rings. The second-order valence-electron chi connectivity index (χ2n) is 4.67. The zero-order valence-corrected chi connectivity index (χ0v) is 12.4. The minimum absolute atomic E-state index is 0.0992. The second-order valence-corrected chi connectivity index (χ2v) is 4.67. The summed E-state index contributed by atoms with van der Waals surface area (Å²) in [7, 11) is 3.14. The van der Waals surface area contributed by atoms with Gasteiger partial charge in [0.05, 0.1) is 14.2 Å². The Bertz CT molecular complexity index is 641. The fraction of sp³-hybridized carbons (Fsp3) is 0.250. The van der Waals surface area contributed by atoms with E-state index >= 15 is 0 Å². The monoisotopic (exact) mass is 287 g/mol. The van der Waals surface area contributed by atoms with E-state index in [0.29, 0.717) is 17.2 Å². The number of carbonyl (C=O) groups excluding carboxylic acids is 1. The van der Waals surface area contributed by atoms with Crippen molar-refractivity contribution >= 4 is 11.6 Å². The van der Waals surface area contributed by atoms with E-state index in [1.54, 1.807) is 32.4 Å². The Morgan fingerprint density at radius 3 is 2.62 bits per heavy atom. The Morgan fingerprint density at radius 1 is 1.19 bits per heavy atom. The van der Waals surface area contributed by atoms with Gasteiger partial charge in [0, 0.05) is 23.4 Å². The normalized spacial score (nSPS) is 10.0. The molecule has 0 aliphatic heterocycles. The highest BCUT2D eigenvalue weighted by atomic mass is 16.5. The number of anilines is 1. The van der Waals surface area contributed by atoms with E-state index in [0.717, 1.165) is 5.56 Å². The number of ether oxygens (including phenoxy) is 2. The van der Waals surface area contributed by atoms with Gasteiger partial charge < -0.3 is 14.8 Å². The molecular formula is C16H19N2O3+. The van der Waals surface area contributed by atoms with Crippen molar-refractivity contribution in [3.05, 3.63) is 48.3 Å². The minimum Gasteiger partial charge on any atom is -0.493 e. The van der Waals surface area contributed by atoms with Crippen molar-refractivity contribution in [3.63, 3.8) is 0 Å². The molecule has 0 radical (unpaired) electrons. The smallest absolute Gasteiger partial charge is 0.290 e. The van der Waals surface area contributed by atoms with Crippen LogP contribution in [0.25, 0.3) is 0 Å². The maximum atomic E-state index is 12.0. The molecule has 21 heavy (non-hydrogen) atoms. The first-order valence-corrected chi connectivity index (χ1v) is 6.60. The van der Waals surface area contributed by atoms with E-state index in [9.17, 15) is 4.79 Å². The summed E-state index contributed by atoms with van der Waals surface area (Å²) in [5.41, 5.74) is 1.78. The van der Waals surface area contributed by atoms with Crippen LogP contribution in [-0.4, -0.2) is 20.1 Å². The number of rotatable bonds is 5. The van der Waals surface area contributed by atoms with Gasteiger partial charge in [-0.15, -0.1) is 0 Å². The van der Waals surface area contributed by atoms with Gasteiger partial charge in [0.2, 0.25) is 6.54 Å². The van der Waals surface area contributed by atoms with Gasteiger partial charge >= 0.3 is 0 Å². The number of nitrogens with one attached hydrogen (secondary N) is 1. The Hall–Kier alpha value is -2.56. The summed E-state index contributed by atoms with van der Waals surface area (Å²) in [6.45, 7) is 2.25. The number of pyridine rings is 1. The first-order chi connectivity index (χ1) is 10.1. The van der Waals surface area contributed by atoms with Crippen LogP contribution >= 0.6 is 0 Å². The molecule has 0 unspecified atom stereocenters. The van der Waals surface area contributed by atoms with Gasteiger partial charge in [0.15, 0.2) is 23.9 Å². The Labute approximate surface area is 124 Å². The summed E-state index contributed by atoms with van der Waals surface area (Å²) < 4.78 is 12.2. The minimum atomic E-state index is -0.0992. The molecule has 1 N–H and O–H groups in total. The van der Waals surface area contributed by atoms with E-state index in [4.69, 9.17) is 9.47 Å². The zero-order chi connectivity index (χ0) is 15.2.